The van der Waals surface area contributed by atoms with Crippen LogP contribution in [0.25, 0.3) is 0 Å². The van der Waals surface area contributed by atoms with Crippen LogP contribution in [0.4, 0.5) is 0 Å². The lowest BCUT2D eigenvalue weighted by molar-refractivity contribution is -0.121. The molecule has 0 radical (unpaired) electrons. The van der Waals surface area contributed by atoms with Gasteiger partial charge in [-0.15, -0.1) is 0 Å². The minimum absolute atomic E-state index is 0.229. The first-order valence-electron chi connectivity index (χ1n) is 5.56. The maximum atomic E-state index is 11.3. The molecule has 1 fully saturated rings. The van der Waals surface area contributed by atoms with E-state index in [0.717, 1.165) is 6.42 Å². The van der Waals surface area contributed by atoms with E-state index in [1.165, 1.54) is 6.42 Å². The highest BCUT2D eigenvalue weighted by molar-refractivity contribution is 5.78. The molecule has 0 aliphatic heterocycles. The Bertz CT molecular complexity index is 222. The summed E-state index contributed by atoms with van der Waals surface area (Å²) in [5.41, 5.74) is 0.336. The Morgan fingerprint density at radius 3 is 2.43 bits per heavy atom. The molecule has 2 nitrogen and oxygen atoms in total. The maximum Gasteiger partial charge on any atom is 0.132 e. The molecule has 1 saturated carbocycles. The Labute approximate surface area is 87.5 Å². The van der Waals surface area contributed by atoms with Gasteiger partial charge in [-0.1, -0.05) is 20.8 Å². The van der Waals surface area contributed by atoms with Crippen LogP contribution in [-0.4, -0.2) is 18.9 Å². The fraction of sp³-hybridized carbons (Fsp3) is 0.917. The molecule has 1 aliphatic rings. The molecule has 0 saturated heterocycles. The van der Waals surface area contributed by atoms with Gasteiger partial charge in [0.1, 0.15) is 5.78 Å². The summed E-state index contributed by atoms with van der Waals surface area (Å²) in [6.45, 7) is 8.37. The number of hydrogen-bond donors (Lipinski definition) is 1. The Kier molecular flexibility index (Phi) is 3.36. The Morgan fingerprint density at radius 2 is 2.07 bits per heavy atom. The van der Waals surface area contributed by atoms with Crippen molar-refractivity contribution in [3.63, 3.8) is 0 Å². The number of ketones is 1. The van der Waals surface area contributed by atoms with Crippen LogP contribution < -0.4 is 5.32 Å². The predicted molar refractivity (Wildman–Crippen MR) is 59.2 cm³/mol. The van der Waals surface area contributed by atoms with E-state index in [9.17, 15) is 4.79 Å². The molecule has 3 atom stereocenters. The summed E-state index contributed by atoms with van der Waals surface area (Å²) in [4.78, 5) is 11.3. The third-order valence-corrected chi connectivity index (χ3v) is 3.97. The van der Waals surface area contributed by atoms with Gasteiger partial charge in [0.05, 0.1) is 0 Å². The van der Waals surface area contributed by atoms with Crippen LogP contribution >= 0.6 is 0 Å². The first kappa shape index (κ1) is 11.7. The summed E-state index contributed by atoms with van der Waals surface area (Å²) >= 11 is 0. The summed E-state index contributed by atoms with van der Waals surface area (Å²) in [7, 11) is 2.02. The summed E-state index contributed by atoms with van der Waals surface area (Å²) in [6, 6.07) is 0.564. The minimum Gasteiger partial charge on any atom is -0.316 e. The first-order valence-corrected chi connectivity index (χ1v) is 5.56. The summed E-state index contributed by atoms with van der Waals surface area (Å²) < 4.78 is 0. The van der Waals surface area contributed by atoms with Gasteiger partial charge in [0, 0.05) is 12.0 Å². The molecule has 2 heteroatoms. The van der Waals surface area contributed by atoms with E-state index >= 15 is 0 Å². The first-order chi connectivity index (χ1) is 6.38. The fourth-order valence-corrected chi connectivity index (χ4v) is 2.74. The predicted octanol–water partition coefficient (Wildman–Crippen LogP) is 2.24. The number of rotatable bonds is 3. The standard InChI is InChI=1S/C12H23NO/c1-8(9(2)14)10-6-11(13-5)12(3,4)7-10/h8,10-11,13H,6-7H2,1-5H3. The number of Topliss-reactive ketones (excluding diaryl/α,β-unsaturated/α-hetero) is 1. The van der Waals surface area contributed by atoms with Crippen molar-refractivity contribution in [1.29, 1.82) is 0 Å². The van der Waals surface area contributed by atoms with Crippen molar-refractivity contribution in [2.75, 3.05) is 7.05 Å². The number of nitrogens with one attached hydrogen (secondary N) is 1. The van der Waals surface area contributed by atoms with Gasteiger partial charge in [0.15, 0.2) is 0 Å². The van der Waals surface area contributed by atoms with Crippen molar-refractivity contribution < 1.29 is 4.79 Å². The second kappa shape index (κ2) is 4.01. The number of carbonyl (C=O) groups is 1. The molecule has 0 heterocycles. The van der Waals surface area contributed by atoms with Crippen LogP contribution in [0.2, 0.25) is 0 Å². The normalized spacial score (nSPS) is 32.9. The molecule has 0 aromatic heterocycles. The van der Waals surface area contributed by atoms with Gasteiger partial charge in [0.25, 0.3) is 0 Å². The van der Waals surface area contributed by atoms with Gasteiger partial charge in [0.2, 0.25) is 0 Å². The third kappa shape index (κ3) is 2.17. The highest BCUT2D eigenvalue weighted by Crippen LogP contribution is 2.44. The molecule has 14 heavy (non-hydrogen) atoms. The molecule has 3 unspecified atom stereocenters. The SMILES string of the molecule is CNC1CC(C(C)C(C)=O)CC1(C)C. The van der Waals surface area contributed by atoms with Crippen LogP contribution in [-0.2, 0) is 4.79 Å². The highest BCUT2D eigenvalue weighted by atomic mass is 16.1. The number of hydrogen-bond acceptors (Lipinski definition) is 2. The minimum atomic E-state index is 0.229. The van der Waals surface area contributed by atoms with E-state index < -0.39 is 0 Å². The average Bonchev–Trinajstić information content (AvgIpc) is 2.39. The molecule has 1 N–H and O–H groups in total. The summed E-state index contributed by atoms with van der Waals surface area (Å²) in [6.07, 6.45) is 2.31. The topological polar surface area (TPSA) is 29.1 Å². The van der Waals surface area contributed by atoms with Crippen molar-refractivity contribution in [3.8, 4) is 0 Å². The Morgan fingerprint density at radius 1 is 1.50 bits per heavy atom. The number of carbonyl (C=O) groups excluding carboxylic acids is 1. The molecule has 1 aliphatic carbocycles. The molecule has 0 bridgehead atoms. The zero-order chi connectivity index (χ0) is 10.9. The van der Waals surface area contributed by atoms with Gasteiger partial charge in [-0.3, -0.25) is 4.79 Å². The lowest BCUT2D eigenvalue weighted by Crippen LogP contribution is -2.34. The van der Waals surface area contributed by atoms with E-state index in [1.807, 2.05) is 7.05 Å². The van der Waals surface area contributed by atoms with Crippen LogP contribution in [0, 0.1) is 17.3 Å². The smallest absolute Gasteiger partial charge is 0.132 e. The fourth-order valence-electron chi connectivity index (χ4n) is 2.74. The average molecular weight is 197 g/mol. The van der Waals surface area contributed by atoms with Gasteiger partial charge in [-0.25, -0.2) is 0 Å². The van der Waals surface area contributed by atoms with Crippen molar-refractivity contribution in [2.45, 2.75) is 46.6 Å². The van der Waals surface area contributed by atoms with Crippen molar-refractivity contribution in [1.82, 2.24) is 5.32 Å². The second-order valence-electron chi connectivity index (χ2n) is 5.43. The molecular weight excluding hydrogens is 174 g/mol. The van der Waals surface area contributed by atoms with Crippen molar-refractivity contribution >= 4 is 5.78 Å². The lowest BCUT2D eigenvalue weighted by atomic mass is 9.84. The quantitative estimate of drug-likeness (QED) is 0.751. The van der Waals surface area contributed by atoms with Crippen LogP contribution in [0.3, 0.4) is 0 Å². The Balaban J connectivity index is 2.67. The monoisotopic (exact) mass is 197 g/mol. The Hall–Kier alpha value is -0.370. The molecular formula is C12H23NO. The molecule has 0 amide bonds. The van der Waals surface area contributed by atoms with Gasteiger partial charge < -0.3 is 5.32 Å². The zero-order valence-electron chi connectivity index (χ0n) is 10.1. The third-order valence-electron chi connectivity index (χ3n) is 3.97. The van der Waals surface area contributed by atoms with Crippen LogP contribution in [0.5, 0.6) is 0 Å². The van der Waals surface area contributed by atoms with E-state index in [4.69, 9.17) is 0 Å². The largest absolute Gasteiger partial charge is 0.316 e. The van der Waals surface area contributed by atoms with Crippen molar-refractivity contribution in [3.05, 3.63) is 0 Å². The van der Waals surface area contributed by atoms with Crippen LogP contribution in [0.15, 0.2) is 0 Å². The van der Waals surface area contributed by atoms with E-state index in [0.29, 0.717) is 23.2 Å². The van der Waals surface area contributed by atoms with Gasteiger partial charge in [-0.2, -0.15) is 0 Å². The second-order valence-corrected chi connectivity index (χ2v) is 5.43. The molecule has 0 spiro atoms. The highest BCUT2D eigenvalue weighted by Gasteiger charge is 2.42. The van der Waals surface area contributed by atoms with E-state index in [2.05, 4.69) is 26.1 Å². The molecule has 82 valence electrons. The van der Waals surface area contributed by atoms with E-state index in [1.54, 1.807) is 6.92 Å². The van der Waals surface area contributed by atoms with Crippen molar-refractivity contribution in [2.24, 2.45) is 17.3 Å². The summed E-state index contributed by atoms with van der Waals surface area (Å²) in [5.74, 6) is 1.13. The molecule has 0 aromatic rings. The molecule has 1 rings (SSSR count). The van der Waals surface area contributed by atoms with Gasteiger partial charge in [-0.05, 0) is 38.1 Å². The van der Waals surface area contributed by atoms with E-state index in [-0.39, 0.29) is 5.92 Å². The van der Waals surface area contributed by atoms with Crippen LogP contribution in [0.1, 0.15) is 40.5 Å². The zero-order valence-corrected chi connectivity index (χ0v) is 10.1. The summed E-state index contributed by atoms with van der Waals surface area (Å²) in [5, 5.41) is 3.37. The maximum absolute atomic E-state index is 11.3. The van der Waals surface area contributed by atoms with Gasteiger partial charge >= 0.3 is 0 Å². The molecule has 0 aromatic carbocycles. The lowest BCUT2D eigenvalue weighted by Gasteiger charge is -2.26.